The van der Waals surface area contributed by atoms with Gasteiger partial charge in [0.25, 0.3) is 0 Å². The van der Waals surface area contributed by atoms with Crippen LogP contribution in [-0.2, 0) is 4.79 Å². The van der Waals surface area contributed by atoms with Crippen molar-refractivity contribution in [2.24, 2.45) is 5.92 Å². The van der Waals surface area contributed by atoms with Crippen molar-refractivity contribution in [1.82, 2.24) is 9.97 Å². The molecule has 0 amide bonds. The molecule has 1 atom stereocenters. The summed E-state index contributed by atoms with van der Waals surface area (Å²) in [5.74, 6) is 0.0340. The van der Waals surface area contributed by atoms with Gasteiger partial charge < -0.3 is 10.0 Å². The first kappa shape index (κ1) is 13.0. The first-order chi connectivity index (χ1) is 8.56. The SMILES string of the molecule is CC1CN(c2ncc(Br)cn2)CCC1=CC(=O)O. The van der Waals surface area contributed by atoms with Gasteiger partial charge in [-0.05, 0) is 28.3 Å². The van der Waals surface area contributed by atoms with Crippen molar-refractivity contribution in [2.75, 3.05) is 18.0 Å². The lowest BCUT2D eigenvalue weighted by atomic mass is 9.93. The van der Waals surface area contributed by atoms with Gasteiger partial charge in [-0.15, -0.1) is 0 Å². The van der Waals surface area contributed by atoms with Gasteiger partial charge in [0.2, 0.25) is 5.95 Å². The predicted molar refractivity (Wildman–Crippen MR) is 71.4 cm³/mol. The monoisotopic (exact) mass is 311 g/mol. The molecule has 18 heavy (non-hydrogen) atoms. The van der Waals surface area contributed by atoms with Crippen molar-refractivity contribution < 1.29 is 9.90 Å². The minimum Gasteiger partial charge on any atom is -0.478 e. The molecule has 1 aromatic rings. The van der Waals surface area contributed by atoms with Crippen LogP contribution in [0.4, 0.5) is 5.95 Å². The topological polar surface area (TPSA) is 66.3 Å². The quantitative estimate of drug-likeness (QED) is 0.847. The standard InChI is InChI=1S/C12H14BrN3O2/c1-8-7-16(3-2-9(8)4-11(17)18)12-14-5-10(13)6-15-12/h4-6,8H,2-3,7H2,1H3,(H,17,18). The van der Waals surface area contributed by atoms with Gasteiger partial charge in [0.1, 0.15) is 0 Å². The van der Waals surface area contributed by atoms with E-state index in [4.69, 9.17) is 5.11 Å². The highest BCUT2D eigenvalue weighted by atomic mass is 79.9. The molecule has 1 unspecified atom stereocenters. The highest BCUT2D eigenvalue weighted by Gasteiger charge is 2.22. The Morgan fingerprint density at radius 2 is 2.22 bits per heavy atom. The van der Waals surface area contributed by atoms with Gasteiger partial charge in [0.05, 0.1) is 4.47 Å². The van der Waals surface area contributed by atoms with Crippen molar-refractivity contribution >= 4 is 27.8 Å². The van der Waals surface area contributed by atoms with E-state index in [-0.39, 0.29) is 5.92 Å². The number of hydrogen-bond donors (Lipinski definition) is 1. The van der Waals surface area contributed by atoms with Crippen LogP contribution in [0.25, 0.3) is 0 Å². The maximum atomic E-state index is 10.7. The highest BCUT2D eigenvalue weighted by molar-refractivity contribution is 9.10. The molecule has 0 aromatic carbocycles. The van der Waals surface area contributed by atoms with Gasteiger partial charge >= 0.3 is 5.97 Å². The lowest BCUT2D eigenvalue weighted by Crippen LogP contribution is -2.37. The third kappa shape index (κ3) is 3.07. The molecular formula is C12H14BrN3O2. The van der Waals surface area contributed by atoms with Crippen molar-refractivity contribution in [2.45, 2.75) is 13.3 Å². The molecule has 0 saturated carbocycles. The van der Waals surface area contributed by atoms with E-state index >= 15 is 0 Å². The molecule has 0 radical (unpaired) electrons. The minimum absolute atomic E-state index is 0.210. The number of rotatable bonds is 2. The van der Waals surface area contributed by atoms with Crippen LogP contribution in [0.15, 0.2) is 28.5 Å². The van der Waals surface area contributed by atoms with Crippen LogP contribution in [0, 0.1) is 5.92 Å². The Morgan fingerprint density at radius 1 is 1.56 bits per heavy atom. The number of carboxylic acids is 1. The second-order valence-corrected chi connectivity index (χ2v) is 5.27. The number of hydrogen-bond acceptors (Lipinski definition) is 4. The summed E-state index contributed by atoms with van der Waals surface area (Å²) in [6, 6.07) is 0. The molecule has 2 rings (SSSR count). The Kier molecular flexibility index (Phi) is 3.96. The summed E-state index contributed by atoms with van der Waals surface area (Å²) in [4.78, 5) is 21.3. The fraction of sp³-hybridized carbons (Fsp3) is 0.417. The minimum atomic E-state index is -0.870. The maximum Gasteiger partial charge on any atom is 0.328 e. The van der Waals surface area contributed by atoms with Gasteiger partial charge in [-0.25, -0.2) is 14.8 Å². The largest absolute Gasteiger partial charge is 0.478 e. The Labute approximate surface area is 114 Å². The normalized spacial score (nSPS) is 22.2. The molecule has 0 bridgehead atoms. The number of piperidine rings is 1. The molecule has 0 aliphatic carbocycles. The van der Waals surface area contributed by atoms with Crippen LogP contribution in [-0.4, -0.2) is 34.1 Å². The molecular weight excluding hydrogens is 298 g/mol. The summed E-state index contributed by atoms with van der Waals surface area (Å²) >= 11 is 3.30. The molecule has 1 fully saturated rings. The van der Waals surface area contributed by atoms with Crippen LogP contribution >= 0.6 is 15.9 Å². The number of anilines is 1. The Hall–Kier alpha value is -1.43. The highest BCUT2D eigenvalue weighted by Crippen LogP contribution is 2.25. The predicted octanol–water partition coefficient (Wildman–Crippen LogP) is 2.10. The van der Waals surface area contributed by atoms with Crippen molar-refractivity contribution in [3.8, 4) is 0 Å². The van der Waals surface area contributed by atoms with E-state index in [0.717, 1.165) is 29.6 Å². The molecule has 1 aliphatic heterocycles. The zero-order chi connectivity index (χ0) is 13.1. The van der Waals surface area contributed by atoms with Crippen LogP contribution < -0.4 is 4.90 Å². The average molecular weight is 312 g/mol. The van der Waals surface area contributed by atoms with E-state index < -0.39 is 5.97 Å². The molecule has 1 saturated heterocycles. The molecule has 6 heteroatoms. The summed E-state index contributed by atoms with van der Waals surface area (Å²) in [6.45, 7) is 3.53. The Balaban J connectivity index is 2.08. The van der Waals surface area contributed by atoms with Gasteiger partial charge in [0, 0.05) is 31.6 Å². The fourth-order valence-electron chi connectivity index (χ4n) is 2.07. The zero-order valence-corrected chi connectivity index (χ0v) is 11.6. The van der Waals surface area contributed by atoms with Crippen LogP contribution in [0.2, 0.25) is 0 Å². The van der Waals surface area contributed by atoms with E-state index in [1.54, 1.807) is 12.4 Å². The summed E-state index contributed by atoms with van der Waals surface area (Å²) in [7, 11) is 0. The summed E-state index contributed by atoms with van der Waals surface area (Å²) in [5.41, 5.74) is 0.982. The van der Waals surface area contributed by atoms with Crippen molar-refractivity contribution in [3.05, 3.63) is 28.5 Å². The molecule has 0 spiro atoms. The van der Waals surface area contributed by atoms with Crippen molar-refractivity contribution in [1.29, 1.82) is 0 Å². The Morgan fingerprint density at radius 3 is 2.78 bits per heavy atom. The second kappa shape index (κ2) is 5.48. The molecule has 1 N–H and O–H groups in total. The van der Waals surface area contributed by atoms with Gasteiger partial charge in [-0.1, -0.05) is 12.5 Å². The van der Waals surface area contributed by atoms with E-state index in [2.05, 4.69) is 30.8 Å². The zero-order valence-electron chi connectivity index (χ0n) is 10.0. The number of aliphatic carboxylic acids is 1. The van der Waals surface area contributed by atoms with E-state index in [0.29, 0.717) is 5.95 Å². The van der Waals surface area contributed by atoms with E-state index in [1.165, 1.54) is 6.08 Å². The van der Waals surface area contributed by atoms with Crippen LogP contribution in [0.3, 0.4) is 0 Å². The third-order valence-electron chi connectivity index (χ3n) is 3.00. The first-order valence-corrected chi connectivity index (χ1v) is 6.51. The Bertz CT molecular complexity index is 473. The number of carbonyl (C=O) groups is 1. The lowest BCUT2D eigenvalue weighted by molar-refractivity contribution is -0.131. The lowest BCUT2D eigenvalue weighted by Gasteiger charge is -2.32. The summed E-state index contributed by atoms with van der Waals surface area (Å²) in [6.07, 6.45) is 5.50. The van der Waals surface area contributed by atoms with Gasteiger partial charge in [-0.3, -0.25) is 0 Å². The van der Waals surface area contributed by atoms with Crippen molar-refractivity contribution in [3.63, 3.8) is 0 Å². The van der Waals surface area contributed by atoms with E-state index in [9.17, 15) is 4.79 Å². The third-order valence-corrected chi connectivity index (χ3v) is 3.41. The second-order valence-electron chi connectivity index (χ2n) is 4.36. The summed E-state index contributed by atoms with van der Waals surface area (Å²) < 4.78 is 0.850. The molecule has 1 aliphatic rings. The van der Waals surface area contributed by atoms with Crippen LogP contribution in [0.1, 0.15) is 13.3 Å². The fourth-order valence-corrected chi connectivity index (χ4v) is 2.28. The number of nitrogens with zero attached hydrogens (tertiary/aromatic N) is 3. The summed E-state index contributed by atoms with van der Waals surface area (Å²) in [5, 5.41) is 8.78. The number of carboxylic acid groups (broad SMARTS) is 1. The molecule has 96 valence electrons. The molecule has 1 aromatic heterocycles. The molecule has 5 nitrogen and oxygen atoms in total. The van der Waals surface area contributed by atoms with Crippen LogP contribution in [0.5, 0.6) is 0 Å². The van der Waals surface area contributed by atoms with E-state index in [1.807, 2.05) is 6.92 Å². The van der Waals surface area contributed by atoms with Gasteiger partial charge in [-0.2, -0.15) is 0 Å². The number of aromatic nitrogens is 2. The smallest absolute Gasteiger partial charge is 0.328 e. The first-order valence-electron chi connectivity index (χ1n) is 5.72. The number of halogens is 1. The van der Waals surface area contributed by atoms with Gasteiger partial charge in [0.15, 0.2) is 0 Å². The average Bonchev–Trinajstić information content (AvgIpc) is 2.32. The molecule has 2 heterocycles. The maximum absolute atomic E-state index is 10.7.